The van der Waals surface area contributed by atoms with E-state index in [4.69, 9.17) is 29.6 Å². The third-order valence-electron chi connectivity index (χ3n) is 7.16. The average molecular weight is 557 g/mol. The number of phenolic OH excluding ortho intramolecular Hbond substituents is 1. The smallest absolute Gasteiger partial charge is 0.255 e. The second-order valence-corrected chi connectivity index (χ2v) is 11.1. The molecule has 1 fully saturated rings. The highest BCUT2D eigenvalue weighted by Crippen LogP contribution is 2.56. The third-order valence-corrected chi connectivity index (χ3v) is 9.52. The molecule has 2 aliphatic carbocycles. The Kier molecular flexibility index (Phi) is 6.29. The Morgan fingerprint density at radius 1 is 1.08 bits per heavy atom. The summed E-state index contributed by atoms with van der Waals surface area (Å²) in [6, 6.07) is 10.5. The first kappa shape index (κ1) is 25.3. The van der Waals surface area contributed by atoms with E-state index in [1.807, 2.05) is 6.07 Å². The minimum Gasteiger partial charge on any atom is -0.511 e. The number of thioether (sulfide) groups is 1. The molecule has 8 nitrogen and oxygen atoms in total. The van der Waals surface area contributed by atoms with Crippen LogP contribution in [0.15, 0.2) is 64.3 Å². The van der Waals surface area contributed by atoms with Crippen LogP contribution in [-0.4, -0.2) is 49.1 Å². The molecule has 0 saturated heterocycles. The van der Waals surface area contributed by atoms with Crippen LogP contribution >= 0.6 is 35.6 Å². The van der Waals surface area contributed by atoms with Crippen LogP contribution in [0.4, 0.5) is 0 Å². The lowest BCUT2D eigenvalue weighted by Crippen LogP contribution is -2.60. The van der Waals surface area contributed by atoms with Gasteiger partial charge in [0.05, 0.1) is 28.1 Å². The van der Waals surface area contributed by atoms with Crippen molar-refractivity contribution in [3.63, 3.8) is 0 Å². The molecular formula is C26H21ClN2O6S2. The highest BCUT2D eigenvalue weighted by atomic mass is 35.5. The van der Waals surface area contributed by atoms with Crippen molar-refractivity contribution in [2.45, 2.75) is 23.1 Å². The van der Waals surface area contributed by atoms with Crippen LogP contribution in [0.25, 0.3) is 5.76 Å². The van der Waals surface area contributed by atoms with E-state index < -0.39 is 63.6 Å². The van der Waals surface area contributed by atoms with E-state index in [1.54, 1.807) is 31.2 Å². The van der Waals surface area contributed by atoms with Gasteiger partial charge in [0.1, 0.15) is 27.8 Å². The maximum Gasteiger partial charge on any atom is 0.255 e. The minimum absolute atomic E-state index is 0.0214. The Morgan fingerprint density at radius 3 is 2.41 bits per heavy atom. The van der Waals surface area contributed by atoms with Crippen molar-refractivity contribution < 1.29 is 29.7 Å². The number of allylic oxidation sites excluding steroid dienone is 1. The van der Waals surface area contributed by atoms with Crippen LogP contribution in [0.2, 0.25) is 5.02 Å². The molecule has 1 aliphatic heterocycles. The third kappa shape index (κ3) is 3.82. The molecule has 6 N–H and O–H groups in total. The first-order chi connectivity index (χ1) is 17.5. The van der Waals surface area contributed by atoms with Crippen molar-refractivity contribution in [1.29, 1.82) is 0 Å². The molecule has 1 saturated carbocycles. The Hall–Kier alpha value is -3.34. The van der Waals surface area contributed by atoms with E-state index in [9.17, 15) is 29.7 Å². The fourth-order valence-electron chi connectivity index (χ4n) is 5.46. The van der Waals surface area contributed by atoms with Crippen molar-refractivity contribution in [3.8, 4) is 5.75 Å². The summed E-state index contributed by atoms with van der Waals surface area (Å²) < 4.78 is 0. The number of halogens is 1. The molecule has 5 rings (SSSR count). The number of aromatic hydroxyl groups is 1. The van der Waals surface area contributed by atoms with E-state index >= 15 is 0 Å². The lowest BCUT2D eigenvalue weighted by Gasteiger charge is -2.48. The van der Waals surface area contributed by atoms with Crippen LogP contribution in [0.1, 0.15) is 18.1 Å². The summed E-state index contributed by atoms with van der Waals surface area (Å²) >= 11 is 13.1. The van der Waals surface area contributed by atoms with Gasteiger partial charge in [0.25, 0.3) is 5.91 Å². The zero-order valence-corrected chi connectivity index (χ0v) is 21.7. The van der Waals surface area contributed by atoms with Crippen LogP contribution in [-0.2, 0) is 14.4 Å². The van der Waals surface area contributed by atoms with Gasteiger partial charge in [-0.3, -0.25) is 14.4 Å². The van der Waals surface area contributed by atoms with Gasteiger partial charge in [-0.15, -0.1) is 11.8 Å². The second-order valence-electron chi connectivity index (χ2n) is 9.16. The number of thiocarbonyl (C=S) groups is 1. The fourth-order valence-corrected chi connectivity index (χ4v) is 7.51. The average Bonchev–Trinajstić information content (AvgIpc) is 2.86. The number of rotatable bonds is 3. The second kappa shape index (κ2) is 9.20. The van der Waals surface area contributed by atoms with Crippen LogP contribution in [0, 0.1) is 17.8 Å². The predicted octanol–water partition coefficient (Wildman–Crippen LogP) is 3.45. The van der Waals surface area contributed by atoms with Crippen molar-refractivity contribution in [2.75, 3.05) is 0 Å². The Morgan fingerprint density at radius 2 is 1.76 bits per heavy atom. The van der Waals surface area contributed by atoms with Gasteiger partial charge in [-0.05, 0) is 18.1 Å². The quantitative estimate of drug-likeness (QED) is 0.283. The molecule has 2 aromatic rings. The summed E-state index contributed by atoms with van der Waals surface area (Å²) in [6.07, 6.45) is 0. The lowest BCUT2D eigenvalue weighted by atomic mass is 9.61. The normalized spacial score (nSPS) is 26.8. The topological polar surface area (TPSA) is 150 Å². The van der Waals surface area contributed by atoms with Gasteiger partial charge in [-0.2, -0.15) is 0 Å². The van der Waals surface area contributed by atoms with Gasteiger partial charge in [-0.1, -0.05) is 61.1 Å². The number of ketones is 2. The number of primary amides is 1. The number of fused-ring (bicyclic) bond motifs is 3. The van der Waals surface area contributed by atoms with Gasteiger partial charge in [0.2, 0.25) is 0 Å². The Labute approximate surface area is 226 Å². The Balaban J connectivity index is 1.67. The van der Waals surface area contributed by atoms with Crippen LogP contribution in [0.5, 0.6) is 5.75 Å². The number of nitrogens with one attached hydrogen (secondary N) is 1. The largest absolute Gasteiger partial charge is 0.511 e. The molecule has 1 amide bonds. The molecule has 3 aliphatic rings. The highest BCUT2D eigenvalue weighted by Gasteiger charge is 2.58. The SMILES string of the molecule is CC1C2Sc3c(Cl)ccc(O)c3C(O)=C2C(=O)C2C(O)=C(C(N)=O)C(=O)C(NC(=S)c3ccccc3)C21. The van der Waals surface area contributed by atoms with Crippen molar-refractivity contribution in [2.24, 2.45) is 23.5 Å². The summed E-state index contributed by atoms with van der Waals surface area (Å²) in [5, 5.41) is 35.2. The molecular weight excluding hydrogens is 536 g/mol. The number of amides is 1. The molecule has 0 bridgehead atoms. The number of aliphatic hydroxyl groups excluding tert-OH is 2. The fraction of sp³-hybridized carbons (Fsp3) is 0.231. The number of Topliss-reactive ketones (excluding diaryl/α,β-unsaturated/α-hetero) is 2. The molecule has 37 heavy (non-hydrogen) atoms. The first-order valence-electron chi connectivity index (χ1n) is 11.3. The number of hydrogen-bond donors (Lipinski definition) is 5. The van der Waals surface area contributed by atoms with Gasteiger partial charge >= 0.3 is 0 Å². The number of phenols is 1. The number of hydrogen-bond acceptors (Lipinski definition) is 8. The molecule has 190 valence electrons. The molecule has 2 aromatic carbocycles. The lowest BCUT2D eigenvalue weighted by molar-refractivity contribution is -0.129. The predicted molar refractivity (Wildman–Crippen MR) is 142 cm³/mol. The maximum atomic E-state index is 13.9. The molecule has 11 heteroatoms. The molecule has 0 radical (unpaired) electrons. The van der Waals surface area contributed by atoms with E-state index in [-0.39, 0.29) is 26.9 Å². The number of nitrogens with two attached hydrogens (primary N) is 1. The molecule has 0 spiro atoms. The van der Waals surface area contributed by atoms with Gasteiger partial charge in [0, 0.05) is 21.6 Å². The standard InChI is InChI=1S/C26H21ClN2O6S2/c1-9-13-15(20(32)16-19(31)14-12(30)8-7-11(27)24(14)37-23(9)16)21(33)17(25(28)35)22(34)18(13)29-26(36)10-5-3-2-4-6-10/h2-9,13,15,18,23,30-31,33H,1H3,(H2,28,35)(H,29,36). The number of benzene rings is 2. The van der Waals surface area contributed by atoms with Crippen molar-refractivity contribution in [1.82, 2.24) is 5.32 Å². The highest BCUT2D eigenvalue weighted by molar-refractivity contribution is 8.00. The zero-order valence-electron chi connectivity index (χ0n) is 19.3. The van der Waals surface area contributed by atoms with E-state index in [2.05, 4.69) is 5.32 Å². The summed E-state index contributed by atoms with van der Waals surface area (Å²) in [5.41, 5.74) is 5.39. The maximum absolute atomic E-state index is 13.9. The molecule has 1 heterocycles. The summed E-state index contributed by atoms with van der Waals surface area (Å²) in [5.74, 6) is -6.75. The monoisotopic (exact) mass is 556 g/mol. The molecule has 5 atom stereocenters. The Bertz CT molecular complexity index is 1450. The van der Waals surface area contributed by atoms with Crippen LogP contribution < -0.4 is 11.1 Å². The zero-order chi connectivity index (χ0) is 26.8. The molecule has 5 unspecified atom stereocenters. The number of aliphatic hydroxyl groups is 2. The minimum atomic E-state index is -1.34. The summed E-state index contributed by atoms with van der Waals surface area (Å²) in [7, 11) is 0. The van der Waals surface area contributed by atoms with E-state index in [0.717, 1.165) is 0 Å². The van der Waals surface area contributed by atoms with Gasteiger partial charge in [-0.25, -0.2) is 0 Å². The van der Waals surface area contributed by atoms with Gasteiger partial charge < -0.3 is 26.4 Å². The van der Waals surface area contributed by atoms with Crippen molar-refractivity contribution >= 4 is 63.8 Å². The van der Waals surface area contributed by atoms with E-state index in [1.165, 1.54) is 23.9 Å². The summed E-state index contributed by atoms with van der Waals surface area (Å²) in [6.45, 7) is 1.78. The van der Waals surface area contributed by atoms with E-state index in [0.29, 0.717) is 10.5 Å². The first-order valence-corrected chi connectivity index (χ1v) is 13.0. The van der Waals surface area contributed by atoms with Crippen molar-refractivity contribution in [3.05, 3.63) is 75.5 Å². The molecule has 0 aromatic heterocycles. The number of carbonyl (C=O) groups is 3. The van der Waals surface area contributed by atoms with Gasteiger partial charge in [0.15, 0.2) is 11.6 Å². The number of carbonyl (C=O) groups excluding carboxylic acids is 3. The van der Waals surface area contributed by atoms with Crippen LogP contribution in [0.3, 0.4) is 0 Å². The summed E-state index contributed by atoms with van der Waals surface area (Å²) in [4.78, 5) is 40.2.